The quantitative estimate of drug-likeness (QED) is 0.742. The molecule has 0 aliphatic carbocycles. The minimum atomic E-state index is -4.05. The van der Waals surface area contributed by atoms with Crippen LogP contribution in [0.2, 0.25) is 0 Å². The first-order valence-corrected chi connectivity index (χ1v) is 7.28. The fourth-order valence-corrected chi connectivity index (χ4v) is 2.42. The molecule has 0 unspecified atom stereocenters. The predicted octanol–water partition coefficient (Wildman–Crippen LogP) is 4.82. The number of unbranched alkanes of at least 4 members (excludes halogenated alkanes) is 1. The Kier molecular flexibility index (Phi) is 5.28. The van der Waals surface area contributed by atoms with Crippen LogP contribution < -0.4 is 5.32 Å². The van der Waals surface area contributed by atoms with Gasteiger partial charge >= 0.3 is 6.18 Å². The van der Waals surface area contributed by atoms with Gasteiger partial charge in [0.1, 0.15) is 11.3 Å². The molecule has 0 amide bonds. The van der Waals surface area contributed by atoms with E-state index in [4.69, 9.17) is 4.42 Å². The first kappa shape index (κ1) is 15.9. The number of hydrogen-bond acceptors (Lipinski definition) is 2. The van der Waals surface area contributed by atoms with Crippen LogP contribution in [0.4, 0.5) is 13.2 Å². The molecule has 1 aromatic carbocycles. The van der Waals surface area contributed by atoms with Gasteiger partial charge in [0.15, 0.2) is 0 Å². The summed E-state index contributed by atoms with van der Waals surface area (Å²) >= 11 is 0. The van der Waals surface area contributed by atoms with Crippen LogP contribution >= 0.6 is 0 Å². The van der Waals surface area contributed by atoms with Crippen molar-refractivity contribution in [3.63, 3.8) is 0 Å². The van der Waals surface area contributed by atoms with Crippen LogP contribution in [-0.4, -0.2) is 12.7 Å². The van der Waals surface area contributed by atoms with E-state index in [1.54, 1.807) is 0 Å². The molecule has 0 saturated carbocycles. The smallest absolute Gasteiger partial charge is 0.389 e. The lowest BCUT2D eigenvalue weighted by molar-refractivity contribution is -0.135. The maximum absolute atomic E-state index is 12.0. The zero-order valence-electron chi connectivity index (χ0n) is 12.1. The maximum Gasteiger partial charge on any atom is 0.389 e. The molecule has 116 valence electrons. The van der Waals surface area contributed by atoms with Crippen molar-refractivity contribution < 1.29 is 17.6 Å². The summed E-state index contributed by atoms with van der Waals surface area (Å²) in [6.45, 7) is 3.25. The van der Waals surface area contributed by atoms with Gasteiger partial charge in [-0.05, 0) is 25.5 Å². The molecule has 2 aromatic rings. The normalized spacial score (nSPS) is 12.2. The first-order chi connectivity index (χ1) is 10.0. The summed E-state index contributed by atoms with van der Waals surface area (Å²) in [7, 11) is 0. The highest BCUT2D eigenvalue weighted by Crippen LogP contribution is 2.26. The maximum atomic E-state index is 12.0. The monoisotopic (exact) mass is 299 g/mol. The van der Waals surface area contributed by atoms with Gasteiger partial charge in [-0.1, -0.05) is 25.1 Å². The Morgan fingerprint density at radius 2 is 1.90 bits per heavy atom. The first-order valence-electron chi connectivity index (χ1n) is 7.28. The van der Waals surface area contributed by atoms with E-state index in [2.05, 4.69) is 5.32 Å². The number of aryl methyl sites for hydroxylation is 1. The van der Waals surface area contributed by atoms with Gasteiger partial charge in [0.25, 0.3) is 0 Å². The second-order valence-electron chi connectivity index (χ2n) is 5.10. The van der Waals surface area contributed by atoms with E-state index in [9.17, 15) is 13.2 Å². The van der Waals surface area contributed by atoms with E-state index in [1.165, 1.54) is 0 Å². The topological polar surface area (TPSA) is 25.2 Å². The summed E-state index contributed by atoms with van der Waals surface area (Å²) < 4.78 is 41.9. The Bertz CT molecular complexity index is 574. The van der Waals surface area contributed by atoms with Gasteiger partial charge in [-0.25, -0.2) is 0 Å². The molecule has 21 heavy (non-hydrogen) atoms. The van der Waals surface area contributed by atoms with Crippen molar-refractivity contribution in [2.24, 2.45) is 0 Å². The van der Waals surface area contributed by atoms with E-state index >= 15 is 0 Å². The number of alkyl halides is 3. The number of nitrogens with one attached hydrogen (secondary N) is 1. The minimum absolute atomic E-state index is 0.170. The molecule has 0 saturated heterocycles. The number of furan rings is 1. The predicted molar refractivity (Wildman–Crippen MR) is 77.2 cm³/mol. The molecule has 1 N–H and O–H groups in total. The van der Waals surface area contributed by atoms with Crippen molar-refractivity contribution in [1.29, 1.82) is 0 Å². The Balaban J connectivity index is 1.86. The highest BCUT2D eigenvalue weighted by atomic mass is 19.4. The summed E-state index contributed by atoms with van der Waals surface area (Å²) in [4.78, 5) is 0. The van der Waals surface area contributed by atoms with Gasteiger partial charge in [0.05, 0.1) is 0 Å². The number of hydrogen-bond donors (Lipinski definition) is 1. The lowest BCUT2D eigenvalue weighted by atomic mass is 10.1. The van der Waals surface area contributed by atoms with Crippen molar-refractivity contribution in [3.8, 4) is 0 Å². The van der Waals surface area contributed by atoms with Crippen LogP contribution in [0.5, 0.6) is 0 Å². The van der Waals surface area contributed by atoms with E-state index in [0.29, 0.717) is 19.5 Å². The molecule has 0 fully saturated rings. The van der Waals surface area contributed by atoms with Gasteiger partial charge in [-0.15, -0.1) is 0 Å². The molecule has 0 atom stereocenters. The highest BCUT2D eigenvalue weighted by molar-refractivity contribution is 5.82. The number of para-hydroxylation sites is 1. The molecular weight excluding hydrogens is 279 g/mol. The summed E-state index contributed by atoms with van der Waals surface area (Å²) in [5, 5.41) is 4.29. The molecule has 5 heteroatoms. The Morgan fingerprint density at radius 3 is 2.62 bits per heavy atom. The molecule has 2 rings (SSSR count). The third-order valence-electron chi connectivity index (χ3n) is 3.47. The van der Waals surface area contributed by atoms with Crippen LogP contribution in [0, 0.1) is 0 Å². The zero-order valence-corrected chi connectivity index (χ0v) is 12.1. The SMILES string of the molecule is CCc1oc2ccccc2c1CNCCCCC(F)(F)F. The molecule has 2 nitrogen and oxygen atoms in total. The Hall–Kier alpha value is -1.49. The van der Waals surface area contributed by atoms with E-state index < -0.39 is 12.6 Å². The van der Waals surface area contributed by atoms with Gasteiger partial charge in [-0.3, -0.25) is 0 Å². The zero-order chi connectivity index (χ0) is 15.3. The lowest BCUT2D eigenvalue weighted by Gasteiger charge is -2.07. The summed E-state index contributed by atoms with van der Waals surface area (Å²) in [6, 6.07) is 7.84. The summed E-state index contributed by atoms with van der Waals surface area (Å²) in [5.41, 5.74) is 1.98. The molecule has 0 radical (unpaired) electrons. The van der Waals surface area contributed by atoms with Crippen LogP contribution in [-0.2, 0) is 13.0 Å². The average molecular weight is 299 g/mol. The number of fused-ring (bicyclic) bond motifs is 1. The van der Waals surface area contributed by atoms with Gasteiger partial charge in [0.2, 0.25) is 0 Å². The van der Waals surface area contributed by atoms with Crippen LogP contribution in [0.25, 0.3) is 11.0 Å². The van der Waals surface area contributed by atoms with Crippen molar-refractivity contribution in [2.45, 2.75) is 45.3 Å². The molecule has 0 bridgehead atoms. The molecule has 0 aliphatic rings. The summed E-state index contributed by atoms with van der Waals surface area (Å²) in [5.74, 6) is 0.944. The third kappa shape index (κ3) is 4.49. The van der Waals surface area contributed by atoms with Crippen molar-refractivity contribution in [1.82, 2.24) is 5.32 Å². The van der Waals surface area contributed by atoms with E-state index in [-0.39, 0.29) is 6.42 Å². The molecular formula is C16H20F3NO. The van der Waals surface area contributed by atoms with E-state index in [1.807, 2.05) is 31.2 Å². The fourth-order valence-electron chi connectivity index (χ4n) is 2.42. The molecule has 0 spiro atoms. The van der Waals surface area contributed by atoms with Gasteiger partial charge in [-0.2, -0.15) is 13.2 Å². The number of benzene rings is 1. The number of rotatable bonds is 7. The van der Waals surface area contributed by atoms with Crippen LogP contribution in [0.3, 0.4) is 0 Å². The Morgan fingerprint density at radius 1 is 1.14 bits per heavy atom. The largest absolute Gasteiger partial charge is 0.461 e. The lowest BCUT2D eigenvalue weighted by Crippen LogP contribution is -2.16. The van der Waals surface area contributed by atoms with Crippen molar-refractivity contribution in [2.75, 3.05) is 6.54 Å². The molecule has 1 heterocycles. The highest BCUT2D eigenvalue weighted by Gasteiger charge is 2.25. The van der Waals surface area contributed by atoms with Crippen LogP contribution in [0.1, 0.15) is 37.5 Å². The van der Waals surface area contributed by atoms with Crippen LogP contribution in [0.15, 0.2) is 28.7 Å². The minimum Gasteiger partial charge on any atom is -0.461 e. The average Bonchev–Trinajstić information content (AvgIpc) is 2.79. The second kappa shape index (κ2) is 6.98. The third-order valence-corrected chi connectivity index (χ3v) is 3.47. The molecule has 1 aromatic heterocycles. The van der Waals surface area contributed by atoms with Gasteiger partial charge < -0.3 is 9.73 Å². The molecule has 0 aliphatic heterocycles. The van der Waals surface area contributed by atoms with Crippen molar-refractivity contribution >= 4 is 11.0 Å². The van der Waals surface area contributed by atoms with Crippen molar-refractivity contribution in [3.05, 3.63) is 35.6 Å². The Labute approximate surface area is 122 Å². The van der Waals surface area contributed by atoms with E-state index in [0.717, 1.165) is 28.7 Å². The summed E-state index contributed by atoms with van der Waals surface area (Å²) in [6.07, 6.45) is -3.25. The fraction of sp³-hybridized carbons (Fsp3) is 0.500. The standard InChI is InChI=1S/C16H20F3NO/c1-2-14-13(12-7-3-4-8-15(12)21-14)11-20-10-6-5-9-16(17,18)19/h3-4,7-8,20H,2,5-6,9-11H2,1H3. The number of halogens is 3. The second-order valence-corrected chi connectivity index (χ2v) is 5.10. The van der Waals surface area contributed by atoms with Gasteiger partial charge in [0, 0.05) is 30.3 Å².